The van der Waals surface area contributed by atoms with Crippen molar-refractivity contribution in [2.45, 2.75) is 89.1 Å². The number of benzene rings is 1. The van der Waals surface area contributed by atoms with Crippen molar-refractivity contribution < 1.29 is 37.4 Å². The zero-order valence-electron chi connectivity index (χ0n) is 23.6. The smallest absolute Gasteiger partial charge is 0.459 e. The van der Waals surface area contributed by atoms with Crippen molar-refractivity contribution in [1.29, 1.82) is 0 Å². The summed E-state index contributed by atoms with van der Waals surface area (Å²) in [6.07, 6.45) is 1.07. The van der Waals surface area contributed by atoms with E-state index in [2.05, 4.69) is 20.0 Å². The van der Waals surface area contributed by atoms with E-state index in [0.717, 1.165) is 39.0 Å². The molecule has 0 radical (unpaired) electrons. The number of aromatic nitrogens is 4. The van der Waals surface area contributed by atoms with Crippen molar-refractivity contribution in [2.75, 3.05) is 6.61 Å². The molecule has 228 valence electrons. The summed E-state index contributed by atoms with van der Waals surface area (Å²) in [5.74, 6) is -0.131. The van der Waals surface area contributed by atoms with Gasteiger partial charge in [-0.05, 0) is 58.6 Å². The van der Waals surface area contributed by atoms with Gasteiger partial charge in [-0.1, -0.05) is 24.6 Å². The van der Waals surface area contributed by atoms with Crippen molar-refractivity contribution in [3.63, 3.8) is 0 Å². The van der Waals surface area contributed by atoms with Crippen molar-refractivity contribution in [2.24, 2.45) is 0 Å². The molecule has 3 aromatic rings. The van der Waals surface area contributed by atoms with Gasteiger partial charge in [-0.3, -0.25) is 18.7 Å². The number of H-pyrrole nitrogens is 1. The molecule has 3 N–H and O–H groups in total. The van der Waals surface area contributed by atoms with E-state index in [4.69, 9.17) is 18.5 Å². The number of fused-ring (bicyclic) bond motifs is 1. The largest absolute Gasteiger partial charge is 0.461 e. The van der Waals surface area contributed by atoms with Gasteiger partial charge in [0.25, 0.3) is 5.56 Å². The first-order valence-electron chi connectivity index (χ1n) is 13.9. The average molecular weight is 608 g/mol. The maximum absolute atomic E-state index is 15.9. The van der Waals surface area contributed by atoms with Gasteiger partial charge in [-0.25, -0.2) is 18.9 Å². The number of aromatic amines is 1. The molecule has 1 aliphatic heterocycles. The Morgan fingerprint density at radius 1 is 1.31 bits per heavy atom. The third-order valence-electron chi connectivity index (χ3n) is 7.44. The summed E-state index contributed by atoms with van der Waals surface area (Å²) in [7, 11) is -4.30. The fraction of sp³-hybridized carbons (Fsp3) is 0.556. The Morgan fingerprint density at radius 3 is 2.74 bits per heavy atom. The molecule has 2 unspecified atom stereocenters. The van der Waals surface area contributed by atoms with Gasteiger partial charge in [0.2, 0.25) is 0 Å². The number of carbonyl (C=O) groups is 1. The van der Waals surface area contributed by atoms with Crippen LogP contribution in [0, 0.1) is 6.92 Å². The van der Waals surface area contributed by atoms with E-state index in [1.807, 2.05) is 0 Å². The van der Waals surface area contributed by atoms with Gasteiger partial charge in [0.1, 0.15) is 35.9 Å². The van der Waals surface area contributed by atoms with Crippen LogP contribution in [0.5, 0.6) is 5.75 Å². The summed E-state index contributed by atoms with van der Waals surface area (Å²) in [5, 5.41) is 13.5. The normalized spacial score (nSPS) is 27.0. The molecule has 0 amide bonds. The molecule has 42 heavy (non-hydrogen) atoms. The first-order valence-corrected chi connectivity index (χ1v) is 15.4. The molecule has 1 saturated heterocycles. The zero-order valence-corrected chi connectivity index (χ0v) is 24.5. The van der Waals surface area contributed by atoms with Crippen LogP contribution in [0.15, 0.2) is 41.5 Å². The highest BCUT2D eigenvalue weighted by molar-refractivity contribution is 7.52. The Morgan fingerprint density at radius 2 is 2.02 bits per heavy atom. The third-order valence-corrected chi connectivity index (χ3v) is 9.08. The third kappa shape index (κ3) is 6.42. The minimum atomic E-state index is -4.30. The van der Waals surface area contributed by atoms with E-state index in [-0.39, 0.29) is 28.8 Å². The molecule has 0 bridgehead atoms. The van der Waals surface area contributed by atoms with Gasteiger partial charge < -0.3 is 24.1 Å². The molecule has 6 atom stereocenters. The lowest BCUT2D eigenvalue weighted by molar-refractivity contribution is -0.152. The number of carbonyl (C=O) groups excluding carboxylic acids is 1. The quantitative estimate of drug-likeness (QED) is 0.228. The van der Waals surface area contributed by atoms with Gasteiger partial charge >= 0.3 is 13.7 Å². The Bertz CT molecular complexity index is 1510. The van der Waals surface area contributed by atoms with E-state index in [0.29, 0.717) is 0 Å². The number of aliphatic hydroxyl groups is 1. The minimum absolute atomic E-state index is 0.0201. The number of alkyl halides is 1. The first-order chi connectivity index (χ1) is 20.0. The molecule has 0 spiro atoms. The van der Waals surface area contributed by atoms with E-state index >= 15 is 4.39 Å². The monoisotopic (exact) mass is 607 g/mol. The van der Waals surface area contributed by atoms with Crippen molar-refractivity contribution in [3.8, 4) is 5.75 Å². The summed E-state index contributed by atoms with van der Waals surface area (Å²) in [5.41, 5.74) is -2.83. The van der Waals surface area contributed by atoms with Crippen LogP contribution < -0.4 is 15.2 Å². The SMILES string of the molecule is Cc1nc2c(ncn2[C@@H]2O[C@H](COP(=O)(NC(C)C(=O)OC3CCCCC3)Oc3ccccc3)[C@@H](O)[C@@]2(C)F)c(=O)[nH]1. The van der Waals surface area contributed by atoms with Crippen LogP contribution in [0.1, 0.15) is 58.0 Å². The molecule has 3 heterocycles. The molecule has 1 aliphatic carbocycles. The Kier molecular flexibility index (Phi) is 8.81. The second-order valence-electron chi connectivity index (χ2n) is 10.8. The topological polar surface area (TPSA) is 167 Å². The zero-order chi connectivity index (χ0) is 30.1. The number of imidazole rings is 1. The van der Waals surface area contributed by atoms with Gasteiger partial charge in [0.05, 0.1) is 12.9 Å². The Balaban J connectivity index is 1.32. The lowest BCUT2D eigenvalue weighted by Crippen LogP contribution is -2.41. The Hall–Kier alpha value is -3.16. The molecule has 2 aliphatic rings. The maximum atomic E-state index is 15.9. The number of aliphatic hydroxyl groups excluding tert-OH is 1. The number of halogens is 1. The summed E-state index contributed by atoms with van der Waals surface area (Å²) in [4.78, 5) is 35.9. The van der Waals surface area contributed by atoms with Crippen LogP contribution >= 0.6 is 7.75 Å². The molecule has 1 saturated carbocycles. The number of para-hydroxylation sites is 1. The van der Waals surface area contributed by atoms with Crippen molar-refractivity contribution >= 4 is 24.9 Å². The molecule has 13 nitrogen and oxygen atoms in total. The first kappa shape index (κ1) is 30.3. The minimum Gasteiger partial charge on any atom is -0.461 e. The summed E-state index contributed by atoms with van der Waals surface area (Å²) in [6, 6.07) is 7.11. The molecule has 2 fully saturated rings. The van der Waals surface area contributed by atoms with Gasteiger partial charge in [0, 0.05) is 0 Å². The van der Waals surface area contributed by atoms with Gasteiger partial charge in [0.15, 0.2) is 23.1 Å². The number of nitrogens with zero attached hydrogens (tertiary/aromatic N) is 3. The lowest BCUT2D eigenvalue weighted by Gasteiger charge is -2.27. The van der Waals surface area contributed by atoms with Crippen LogP contribution in [0.25, 0.3) is 11.2 Å². The van der Waals surface area contributed by atoms with Crippen LogP contribution in [0.2, 0.25) is 0 Å². The van der Waals surface area contributed by atoms with Crippen LogP contribution in [0.4, 0.5) is 4.39 Å². The maximum Gasteiger partial charge on any atom is 0.459 e. The molecular formula is C27H35FN5O8P. The number of hydrogen-bond acceptors (Lipinski definition) is 10. The highest BCUT2D eigenvalue weighted by atomic mass is 31.2. The van der Waals surface area contributed by atoms with E-state index in [9.17, 15) is 19.3 Å². The number of aryl methyl sites for hydroxylation is 1. The van der Waals surface area contributed by atoms with Gasteiger partial charge in [-0.2, -0.15) is 5.09 Å². The number of hydrogen-bond donors (Lipinski definition) is 3. The standard InChI is InChI=1S/C27H35FN5O8P/c1-16(25(36)39-18-10-6-4-7-11-18)32-42(37,41-19-12-8-5-9-13-19)38-14-20-22(34)27(3,28)26(40-20)33-15-29-21-23(33)30-17(2)31-24(21)35/h5,8-9,12-13,15-16,18,20,22,26,34H,4,6-7,10-11,14H2,1-3H3,(H,32,37)(H,30,31,35)/t16?,20-,22-,26-,27-,42?/m1/s1. The second-order valence-corrected chi connectivity index (χ2v) is 12.5. The van der Waals surface area contributed by atoms with Crippen molar-refractivity contribution in [3.05, 3.63) is 52.8 Å². The van der Waals surface area contributed by atoms with E-state index in [1.54, 1.807) is 37.3 Å². The Labute approximate surface area is 241 Å². The highest BCUT2D eigenvalue weighted by Crippen LogP contribution is 2.48. The number of nitrogens with one attached hydrogen (secondary N) is 2. The predicted octanol–water partition coefficient (Wildman–Crippen LogP) is 3.47. The molecule has 5 rings (SSSR count). The average Bonchev–Trinajstić information content (AvgIpc) is 3.46. The molecule has 15 heteroatoms. The number of rotatable bonds is 10. The number of ether oxygens (including phenoxy) is 2. The lowest BCUT2D eigenvalue weighted by atomic mass is 9.98. The second kappa shape index (κ2) is 12.2. The predicted molar refractivity (Wildman–Crippen MR) is 149 cm³/mol. The van der Waals surface area contributed by atoms with E-state index < -0.39 is 56.0 Å². The van der Waals surface area contributed by atoms with Crippen molar-refractivity contribution in [1.82, 2.24) is 24.6 Å². The van der Waals surface area contributed by atoms with E-state index in [1.165, 1.54) is 17.8 Å². The molecular weight excluding hydrogens is 572 g/mol. The van der Waals surface area contributed by atoms with Crippen LogP contribution in [0.3, 0.4) is 0 Å². The van der Waals surface area contributed by atoms with Crippen LogP contribution in [-0.4, -0.2) is 67.2 Å². The summed E-state index contributed by atoms with van der Waals surface area (Å²) >= 11 is 0. The van der Waals surface area contributed by atoms with Gasteiger partial charge in [-0.15, -0.1) is 0 Å². The molecule has 2 aromatic heterocycles. The highest BCUT2D eigenvalue weighted by Gasteiger charge is 2.56. The molecule has 1 aromatic carbocycles. The summed E-state index contributed by atoms with van der Waals surface area (Å²) in [6.45, 7) is 3.61. The summed E-state index contributed by atoms with van der Waals surface area (Å²) < 4.78 is 53.8. The fourth-order valence-corrected chi connectivity index (χ4v) is 6.68. The van der Waals surface area contributed by atoms with Crippen LogP contribution in [-0.2, 0) is 23.4 Å². The number of esters is 1. The fourth-order valence-electron chi connectivity index (χ4n) is 5.18.